The summed E-state index contributed by atoms with van der Waals surface area (Å²) in [4.78, 5) is 31.3. The lowest BCUT2D eigenvalue weighted by Crippen LogP contribution is -2.07. The van der Waals surface area contributed by atoms with Crippen LogP contribution in [0.5, 0.6) is 0 Å². The van der Waals surface area contributed by atoms with E-state index >= 15 is 0 Å². The van der Waals surface area contributed by atoms with Crippen LogP contribution < -0.4 is 5.32 Å². The fourth-order valence-corrected chi connectivity index (χ4v) is 3.36. The molecular weight excluding hydrogens is 346 g/mol. The van der Waals surface area contributed by atoms with E-state index in [1.807, 2.05) is 36.4 Å². The van der Waals surface area contributed by atoms with E-state index in [2.05, 4.69) is 15.3 Å². The van der Waals surface area contributed by atoms with Crippen LogP contribution >= 0.6 is 22.9 Å². The monoisotopic (exact) mass is 359 g/mol. The van der Waals surface area contributed by atoms with Crippen molar-refractivity contribution >= 4 is 51.0 Å². The zero-order valence-corrected chi connectivity index (χ0v) is 14.2. The largest absolute Gasteiger partial charge is 0.365 e. The number of hydrogen-bond donors (Lipinski definition) is 1. The molecule has 0 spiro atoms. The molecule has 3 aromatic rings. The third-order valence-electron chi connectivity index (χ3n) is 3.44. The van der Waals surface area contributed by atoms with Crippen LogP contribution in [0.15, 0.2) is 36.4 Å². The number of rotatable bonds is 7. The van der Waals surface area contributed by atoms with Gasteiger partial charge in [-0.25, -0.2) is 9.97 Å². The van der Waals surface area contributed by atoms with Gasteiger partial charge in [0, 0.05) is 19.4 Å². The molecule has 0 bridgehead atoms. The minimum Gasteiger partial charge on any atom is -0.365 e. The molecule has 0 aliphatic carbocycles. The highest BCUT2D eigenvalue weighted by atomic mass is 35.5. The summed E-state index contributed by atoms with van der Waals surface area (Å²) in [6, 6.07) is 11.8. The molecule has 2 heterocycles. The predicted molar refractivity (Wildman–Crippen MR) is 95.6 cm³/mol. The zero-order valence-electron chi connectivity index (χ0n) is 12.7. The SMILES string of the molecule is O=CC(=O)CCc1nc(NCc2ccccc2)c2cc(Cl)sc2n1. The molecule has 24 heavy (non-hydrogen) atoms. The number of fused-ring (bicyclic) bond motifs is 1. The van der Waals surface area contributed by atoms with Crippen LogP contribution in [-0.4, -0.2) is 22.0 Å². The topological polar surface area (TPSA) is 72.0 Å². The molecule has 0 saturated heterocycles. The van der Waals surface area contributed by atoms with Gasteiger partial charge in [0.2, 0.25) is 0 Å². The molecule has 0 radical (unpaired) electrons. The Labute approximate surface area is 147 Å². The van der Waals surface area contributed by atoms with E-state index in [-0.39, 0.29) is 6.42 Å². The number of Topliss-reactive ketones (excluding diaryl/α,β-unsaturated/α-hetero) is 1. The number of ketones is 1. The summed E-state index contributed by atoms with van der Waals surface area (Å²) in [7, 11) is 0. The average Bonchev–Trinajstić information content (AvgIpc) is 2.98. The van der Waals surface area contributed by atoms with Crippen LogP contribution in [0, 0.1) is 0 Å². The summed E-state index contributed by atoms with van der Waals surface area (Å²) in [5, 5.41) is 4.15. The first-order valence-corrected chi connectivity index (χ1v) is 8.57. The fraction of sp³-hybridized carbons (Fsp3) is 0.176. The van der Waals surface area contributed by atoms with E-state index in [9.17, 15) is 9.59 Å². The van der Waals surface area contributed by atoms with Crippen molar-refractivity contribution in [3.63, 3.8) is 0 Å². The zero-order chi connectivity index (χ0) is 16.9. The maximum atomic E-state index is 11.2. The number of aryl methyl sites for hydroxylation is 1. The molecule has 3 rings (SSSR count). The van der Waals surface area contributed by atoms with Crippen LogP contribution in [0.2, 0.25) is 4.34 Å². The molecule has 0 atom stereocenters. The first-order chi connectivity index (χ1) is 11.7. The Kier molecular flexibility index (Phi) is 5.17. The number of aromatic nitrogens is 2. The molecule has 0 aliphatic rings. The Morgan fingerprint density at radius 2 is 2.04 bits per heavy atom. The molecule has 0 aliphatic heterocycles. The van der Waals surface area contributed by atoms with Crippen LogP contribution in [0.4, 0.5) is 5.82 Å². The highest BCUT2D eigenvalue weighted by Crippen LogP contribution is 2.32. The molecule has 0 unspecified atom stereocenters. The fourth-order valence-electron chi connectivity index (χ4n) is 2.26. The van der Waals surface area contributed by atoms with Gasteiger partial charge in [-0.3, -0.25) is 9.59 Å². The van der Waals surface area contributed by atoms with Crippen LogP contribution in [0.1, 0.15) is 17.8 Å². The van der Waals surface area contributed by atoms with Gasteiger partial charge in [0.05, 0.1) is 9.72 Å². The molecule has 122 valence electrons. The summed E-state index contributed by atoms with van der Waals surface area (Å²) in [5.74, 6) is 0.744. The van der Waals surface area contributed by atoms with E-state index in [1.165, 1.54) is 11.3 Å². The third-order valence-corrected chi connectivity index (χ3v) is 4.60. The van der Waals surface area contributed by atoms with Gasteiger partial charge in [-0.05, 0) is 11.6 Å². The Hall–Kier alpha value is -2.31. The van der Waals surface area contributed by atoms with Crippen molar-refractivity contribution in [1.29, 1.82) is 0 Å². The van der Waals surface area contributed by atoms with E-state index < -0.39 is 5.78 Å². The van der Waals surface area contributed by atoms with Crippen LogP contribution in [-0.2, 0) is 22.6 Å². The summed E-state index contributed by atoms with van der Waals surface area (Å²) in [6.07, 6.45) is 0.754. The first kappa shape index (κ1) is 16.5. The van der Waals surface area contributed by atoms with Crippen molar-refractivity contribution in [2.75, 3.05) is 5.32 Å². The average molecular weight is 360 g/mol. The summed E-state index contributed by atoms with van der Waals surface area (Å²) in [5.41, 5.74) is 1.13. The quantitative estimate of drug-likeness (QED) is 0.515. The lowest BCUT2D eigenvalue weighted by molar-refractivity contribution is -0.129. The maximum absolute atomic E-state index is 11.2. The van der Waals surface area contributed by atoms with Gasteiger partial charge in [0.15, 0.2) is 12.1 Å². The molecule has 2 aromatic heterocycles. The minimum absolute atomic E-state index is 0.103. The second-order valence-electron chi connectivity index (χ2n) is 5.18. The lowest BCUT2D eigenvalue weighted by Gasteiger charge is -2.08. The van der Waals surface area contributed by atoms with Crippen LogP contribution in [0.3, 0.4) is 0 Å². The molecule has 0 amide bonds. The van der Waals surface area contributed by atoms with Gasteiger partial charge < -0.3 is 5.32 Å². The Morgan fingerprint density at radius 1 is 1.25 bits per heavy atom. The molecule has 1 N–H and O–H groups in total. The van der Waals surface area contributed by atoms with Crippen molar-refractivity contribution in [2.45, 2.75) is 19.4 Å². The van der Waals surface area contributed by atoms with Crippen molar-refractivity contribution in [2.24, 2.45) is 0 Å². The van der Waals surface area contributed by atoms with Gasteiger partial charge in [0.25, 0.3) is 0 Å². The number of thiophene rings is 1. The third kappa shape index (κ3) is 3.96. The number of benzene rings is 1. The number of anilines is 1. The van der Waals surface area contributed by atoms with Crippen molar-refractivity contribution in [3.05, 3.63) is 52.1 Å². The molecule has 5 nitrogen and oxygen atoms in total. The van der Waals surface area contributed by atoms with Crippen LogP contribution in [0.25, 0.3) is 10.2 Å². The van der Waals surface area contributed by atoms with E-state index in [1.54, 1.807) is 0 Å². The van der Waals surface area contributed by atoms with E-state index in [0.29, 0.717) is 35.2 Å². The first-order valence-electron chi connectivity index (χ1n) is 7.37. The van der Waals surface area contributed by atoms with Gasteiger partial charge in [-0.2, -0.15) is 0 Å². The molecule has 0 fully saturated rings. The normalized spacial score (nSPS) is 10.7. The van der Waals surface area contributed by atoms with Crippen molar-refractivity contribution in [3.8, 4) is 0 Å². The number of hydrogen-bond acceptors (Lipinski definition) is 6. The number of carbonyl (C=O) groups is 2. The number of carbonyl (C=O) groups excluding carboxylic acids is 2. The highest BCUT2D eigenvalue weighted by Gasteiger charge is 2.12. The van der Waals surface area contributed by atoms with Crippen molar-refractivity contribution < 1.29 is 9.59 Å². The van der Waals surface area contributed by atoms with Gasteiger partial charge in [-0.1, -0.05) is 41.9 Å². The van der Waals surface area contributed by atoms with E-state index in [4.69, 9.17) is 11.6 Å². The summed E-state index contributed by atoms with van der Waals surface area (Å²) >= 11 is 7.46. The minimum atomic E-state index is -0.457. The second kappa shape index (κ2) is 7.51. The molecule has 0 saturated carbocycles. The smallest absolute Gasteiger partial charge is 0.195 e. The number of nitrogens with zero attached hydrogens (tertiary/aromatic N) is 2. The highest BCUT2D eigenvalue weighted by molar-refractivity contribution is 7.22. The number of nitrogens with one attached hydrogen (secondary N) is 1. The molecular formula is C17H14ClN3O2S. The Morgan fingerprint density at radius 3 is 2.79 bits per heavy atom. The Bertz CT molecular complexity index is 880. The predicted octanol–water partition coefficient (Wildman–Crippen LogP) is 3.66. The Balaban J connectivity index is 1.86. The van der Waals surface area contributed by atoms with Gasteiger partial charge in [0.1, 0.15) is 16.5 Å². The lowest BCUT2D eigenvalue weighted by atomic mass is 10.2. The summed E-state index contributed by atoms with van der Waals surface area (Å²) < 4.78 is 0.628. The second-order valence-corrected chi connectivity index (χ2v) is 6.84. The number of aldehydes is 1. The molecule has 7 heteroatoms. The van der Waals surface area contributed by atoms with Gasteiger partial charge in [-0.15, -0.1) is 11.3 Å². The van der Waals surface area contributed by atoms with Crippen molar-refractivity contribution in [1.82, 2.24) is 9.97 Å². The van der Waals surface area contributed by atoms with Gasteiger partial charge >= 0.3 is 0 Å². The molecule has 1 aromatic carbocycles. The summed E-state index contributed by atoms with van der Waals surface area (Å²) in [6.45, 7) is 0.618. The number of halogens is 1. The maximum Gasteiger partial charge on any atom is 0.195 e. The van der Waals surface area contributed by atoms with E-state index in [0.717, 1.165) is 15.8 Å². The standard InChI is InChI=1S/C17H14ClN3O2S/c18-14-8-13-16(19-9-11-4-2-1-3-5-11)20-15(21-17(13)24-14)7-6-12(23)10-22/h1-5,8,10H,6-7,9H2,(H,19,20,21).